The second kappa shape index (κ2) is 13.3. The molecular weight excluding hydrogens is 631 g/mol. The number of aliphatic hydroxyl groups is 1. The number of carbonyl (C=O) groups excluding carboxylic acids is 2. The van der Waals surface area contributed by atoms with Crippen molar-refractivity contribution in [2.45, 2.75) is 26.1 Å². The Kier molecular flexibility index (Phi) is 9.66. The number of hydrogen-bond donors (Lipinski definition) is 4. The van der Waals surface area contributed by atoms with Crippen LogP contribution in [-0.2, 0) is 9.53 Å². The Labute approximate surface area is 244 Å². The molecule has 11 nitrogen and oxygen atoms in total. The van der Waals surface area contributed by atoms with E-state index >= 15 is 0 Å². The van der Waals surface area contributed by atoms with Crippen LogP contribution in [0.5, 0.6) is 11.5 Å². The van der Waals surface area contributed by atoms with Gasteiger partial charge in [-0.2, -0.15) is 5.10 Å². The van der Waals surface area contributed by atoms with E-state index in [0.717, 1.165) is 9.13 Å². The molecule has 210 valence electrons. The molecule has 2 atom stereocenters. The first-order valence-electron chi connectivity index (χ1n) is 12.4. The summed E-state index contributed by atoms with van der Waals surface area (Å²) in [6.07, 6.45) is 0.331. The maximum absolute atomic E-state index is 12.4. The summed E-state index contributed by atoms with van der Waals surface area (Å²) >= 11 is 2.24. The zero-order chi connectivity index (χ0) is 28.6. The number of methoxy groups -OCH3 is 1. The Bertz CT molecular complexity index is 1420. The molecule has 3 aromatic rings. The van der Waals surface area contributed by atoms with Gasteiger partial charge in [-0.1, -0.05) is 18.2 Å². The number of urea groups is 1. The van der Waals surface area contributed by atoms with Gasteiger partial charge in [0.05, 0.1) is 31.5 Å². The highest BCUT2D eigenvalue weighted by molar-refractivity contribution is 14.1. The van der Waals surface area contributed by atoms with Crippen LogP contribution in [0, 0.1) is 3.57 Å². The second-order valence-electron chi connectivity index (χ2n) is 8.62. The number of amides is 2. The molecule has 1 aromatic heterocycles. The summed E-state index contributed by atoms with van der Waals surface area (Å²) in [7, 11) is 1.28. The molecule has 1 aliphatic heterocycles. The van der Waals surface area contributed by atoms with Crippen LogP contribution in [-0.4, -0.2) is 49.9 Å². The average Bonchev–Trinajstić information content (AvgIpc) is 3.41. The molecular formula is C28H29IN4O7. The molecule has 0 bridgehead atoms. The number of rotatable bonds is 11. The van der Waals surface area contributed by atoms with E-state index in [4.69, 9.17) is 18.6 Å². The van der Waals surface area contributed by atoms with Crippen LogP contribution < -0.4 is 25.5 Å². The lowest BCUT2D eigenvalue weighted by atomic mass is 9.95. The molecule has 0 spiro atoms. The molecule has 1 aliphatic rings. The fraction of sp³-hybridized carbons (Fsp3) is 0.250. The molecule has 12 heteroatoms. The molecule has 0 aliphatic carbocycles. The van der Waals surface area contributed by atoms with Gasteiger partial charge in [0.1, 0.15) is 18.1 Å². The lowest BCUT2D eigenvalue weighted by Crippen LogP contribution is -2.45. The topological polar surface area (TPSA) is 144 Å². The molecule has 4 rings (SSSR count). The van der Waals surface area contributed by atoms with Gasteiger partial charge in [0.15, 0.2) is 17.7 Å². The van der Waals surface area contributed by atoms with Crippen molar-refractivity contribution in [1.82, 2.24) is 16.1 Å². The smallest absolute Gasteiger partial charge is 0.337 e. The van der Waals surface area contributed by atoms with Gasteiger partial charge in [-0.3, -0.25) is 5.43 Å². The van der Waals surface area contributed by atoms with Crippen molar-refractivity contribution in [3.63, 3.8) is 0 Å². The van der Waals surface area contributed by atoms with Gasteiger partial charge in [-0.05, 0) is 78.4 Å². The van der Waals surface area contributed by atoms with Crippen LogP contribution in [0.15, 0.2) is 75.4 Å². The summed E-state index contributed by atoms with van der Waals surface area (Å²) in [6, 6.07) is 15.4. The monoisotopic (exact) mass is 660 g/mol. The first-order valence-corrected chi connectivity index (χ1v) is 13.5. The molecule has 0 saturated carbocycles. The molecule has 2 heterocycles. The van der Waals surface area contributed by atoms with Gasteiger partial charge < -0.3 is 34.4 Å². The minimum Gasteiger partial charge on any atom is -0.490 e. The number of aliphatic hydroxyl groups excluding tert-OH is 1. The van der Waals surface area contributed by atoms with E-state index in [9.17, 15) is 14.7 Å². The van der Waals surface area contributed by atoms with E-state index in [2.05, 4.69) is 43.8 Å². The summed E-state index contributed by atoms with van der Waals surface area (Å²) in [5, 5.41) is 19.7. The lowest BCUT2D eigenvalue weighted by molar-refractivity contribution is -0.136. The maximum Gasteiger partial charge on any atom is 0.337 e. The van der Waals surface area contributed by atoms with E-state index in [0.29, 0.717) is 40.9 Å². The molecule has 2 amide bonds. The first kappa shape index (κ1) is 29.0. The third-order valence-electron chi connectivity index (χ3n) is 5.84. The lowest BCUT2D eigenvalue weighted by Gasteiger charge is -2.28. The summed E-state index contributed by atoms with van der Waals surface area (Å²) < 4.78 is 23.3. The minimum absolute atomic E-state index is 0.140. The highest BCUT2D eigenvalue weighted by Gasteiger charge is 2.32. The number of hydrogen-bond acceptors (Lipinski definition) is 9. The zero-order valence-electron chi connectivity index (χ0n) is 22.1. The Morgan fingerprint density at radius 2 is 1.95 bits per heavy atom. The molecule has 4 N–H and O–H groups in total. The summed E-state index contributed by atoms with van der Waals surface area (Å²) in [6.45, 7) is 3.65. The highest BCUT2D eigenvalue weighted by atomic mass is 127. The van der Waals surface area contributed by atoms with Gasteiger partial charge in [0.25, 0.3) is 0 Å². The molecule has 0 unspecified atom stereocenters. The van der Waals surface area contributed by atoms with Crippen LogP contribution in [0.1, 0.15) is 31.2 Å². The van der Waals surface area contributed by atoms with Crippen LogP contribution in [0.4, 0.5) is 4.79 Å². The van der Waals surface area contributed by atoms with E-state index in [1.807, 2.05) is 37.3 Å². The van der Waals surface area contributed by atoms with Crippen LogP contribution in [0.3, 0.4) is 0 Å². The number of benzene rings is 2. The Hall–Kier alpha value is -4.04. The van der Waals surface area contributed by atoms with Crippen molar-refractivity contribution in [3.05, 3.63) is 80.8 Å². The number of halogens is 1. The fourth-order valence-electron chi connectivity index (χ4n) is 4.00. The number of ether oxygens (including phenoxy) is 3. The van der Waals surface area contributed by atoms with E-state index < -0.39 is 24.3 Å². The van der Waals surface area contributed by atoms with Gasteiger partial charge in [-0.15, -0.1) is 0 Å². The Balaban J connectivity index is 1.39. The second-order valence-corrected chi connectivity index (χ2v) is 9.87. The van der Waals surface area contributed by atoms with Crippen molar-refractivity contribution in [2.75, 3.05) is 20.3 Å². The number of allylic oxidation sites excluding steroid dienone is 1. The standard InChI is InChI=1S/C28H29IN4O7/c1-4-38-23-13-18(26-25(27(35)37-3)16(2)31-28(36)32-26)7-11-22(23)39-15-24(34)33-30-14-20-10-12-21(40-20)17-5-8-19(29)9-6-17/h5-14,24,26,33-34H,4,15H2,1-3H3,(H2,31,32,36)/b30-14-/t24-,26+/m1/s1. The quantitative estimate of drug-likeness (QED) is 0.0793. The number of esters is 1. The largest absolute Gasteiger partial charge is 0.490 e. The maximum atomic E-state index is 12.4. The molecule has 0 saturated heterocycles. The van der Waals surface area contributed by atoms with E-state index in [1.165, 1.54) is 13.3 Å². The summed E-state index contributed by atoms with van der Waals surface area (Å²) in [4.78, 5) is 24.5. The van der Waals surface area contributed by atoms with Gasteiger partial charge >= 0.3 is 12.0 Å². The van der Waals surface area contributed by atoms with Crippen molar-refractivity contribution < 1.29 is 33.3 Å². The summed E-state index contributed by atoms with van der Waals surface area (Å²) in [5.41, 5.74) is 4.81. The molecule has 0 radical (unpaired) electrons. The van der Waals surface area contributed by atoms with Crippen molar-refractivity contribution in [2.24, 2.45) is 5.10 Å². The normalized spacial score (nSPS) is 15.8. The zero-order valence-corrected chi connectivity index (χ0v) is 24.2. The van der Waals surface area contributed by atoms with Crippen LogP contribution >= 0.6 is 22.6 Å². The van der Waals surface area contributed by atoms with Crippen molar-refractivity contribution >= 4 is 40.8 Å². The number of nitrogens with one attached hydrogen (secondary N) is 3. The van der Waals surface area contributed by atoms with Gasteiger partial charge in [-0.25, -0.2) is 9.59 Å². The average molecular weight is 660 g/mol. The number of hydrazone groups is 1. The minimum atomic E-state index is -1.13. The Morgan fingerprint density at radius 3 is 2.67 bits per heavy atom. The number of furan rings is 1. The predicted octanol–water partition coefficient (Wildman–Crippen LogP) is 4.07. The van der Waals surface area contributed by atoms with Crippen molar-refractivity contribution in [1.29, 1.82) is 0 Å². The van der Waals surface area contributed by atoms with Crippen molar-refractivity contribution in [3.8, 4) is 22.8 Å². The van der Waals surface area contributed by atoms with Crippen LogP contribution in [0.2, 0.25) is 0 Å². The number of nitrogens with zero attached hydrogens (tertiary/aromatic N) is 1. The third-order valence-corrected chi connectivity index (χ3v) is 6.56. The SMILES string of the molecule is CCOc1cc([C@@H]2NC(=O)NC(C)=C2C(=O)OC)ccc1OC[C@@H](O)N/N=C\c1ccc(-c2ccc(I)cc2)o1. The van der Waals surface area contributed by atoms with Crippen LogP contribution in [0.25, 0.3) is 11.3 Å². The highest BCUT2D eigenvalue weighted by Crippen LogP contribution is 2.35. The van der Waals surface area contributed by atoms with E-state index in [1.54, 1.807) is 31.2 Å². The number of carbonyl (C=O) groups is 2. The summed E-state index contributed by atoms with van der Waals surface area (Å²) in [5.74, 6) is 1.41. The van der Waals surface area contributed by atoms with Gasteiger partial charge in [0.2, 0.25) is 0 Å². The fourth-order valence-corrected chi connectivity index (χ4v) is 4.36. The van der Waals surface area contributed by atoms with E-state index in [-0.39, 0.29) is 12.2 Å². The third kappa shape index (κ3) is 7.12. The predicted molar refractivity (Wildman–Crippen MR) is 156 cm³/mol. The first-order chi connectivity index (χ1) is 19.3. The molecule has 40 heavy (non-hydrogen) atoms. The Morgan fingerprint density at radius 1 is 1.18 bits per heavy atom. The van der Waals surface area contributed by atoms with Gasteiger partial charge in [0, 0.05) is 14.8 Å². The molecule has 0 fully saturated rings. The molecule has 2 aromatic carbocycles.